The van der Waals surface area contributed by atoms with Gasteiger partial charge in [-0.15, -0.1) is 0 Å². The third kappa shape index (κ3) is 3.17. The molecule has 4 unspecified atom stereocenters. The fraction of sp³-hybridized carbons (Fsp3) is 0.667. The van der Waals surface area contributed by atoms with Gasteiger partial charge in [0.1, 0.15) is 5.75 Å². The van der Waals surface area contributed by atoms with E-state index in [1.165, 1.54) is 31.2 Å². The molecule has 1 aromatic carbocycles. The second-order valence-electron chi connectivity index (χ2n) is 6.71. The molecule has 1 aromatic rings. The molecule has 2 aliphatic carbocycles. The SMILES string of the molecule is COc1ccc(CCC(O)CC2CC3CCC2C3)cc1. The van der Waals surface area contributed by atoms with E-state index in [0.29, 0.717) is 0 Å². The zero-order valence-corrected chi connectivity index (χ0v) is 12.4. The highest BCUT2D eigenvalue weighted by atomic mass is 16.5. The molecule has 0 amide bonds. The van der Waals surface area contributed by atoms with Crippen molar-refractivity contribution in [2.24, 2.45) is 17.8 Å². The van der Waals surface area contributed by atoms with E-state index in [-0.39, 0.29) is 6.10 Å². The highest BCUT2D eigenvalue weighted by molar-refractivity contribution is 5.27. The molecule has 0 aliphatic heterocycles. The average molecular weight is 274 g/mol. The Kier molecular flexibility index (Phi) is 4.30. The van der Waals surface area contributed by atoms with Gasteiger partial charge in [-0.3, -0.25) is 0 Å². The lowest BCUT2D eigenvalue weighted by atomic mass is 9.84. The molecule has 1 N–H and O–H groups in total. The number of rotatable bonds is 6. The monoisotopic (exact) mass is 274 g/mol. The van der Waals surface area contributed by atoms with Crippen LogP contribution in [0.4, 0.5) is 0 Å². The molecule has 110 valence electrons. The topological polar surface area (TPSA) is 29.5 Å². The molecule has 2 fully saturated rings. The van der Waals surface area contributed by atoms with Gasteiger partial charge in [0.25, 0.3) is 0 Å². The van der Waals surface area contributed by atoms with Gasteiger partial charge in [0, 0.05) is 0 Å². The first-order valence-electron chi connectivity index (χ1n) is 8.05. The number of ether oxygens (including phenoxy) is 1. The zero-order chi connectivity index (χ0) is 13.9. The third-order valence-electron chi connectivity index (χ3n) is 5.38. The van der Waals surface area contributed by atoms with Gasteiger partial charge in [0.15, 0.2) is 0 Å². The number of fused-ring (bicyclic) bond motifs is 2. The summed E-state index contributed by atoms with van der Waals surface area (Å²) in [5, 5.41) is 10.3. The van der Waals surface area contributed by atoms with Crippen LogP contribution in [0.2, 0.25) is 0 Å². The molecular weight excluding hydrogens is 248 g/mol. The smallest absolute Gasteiger partial charge is 0.118 e. The number of benzene rings is 1. The number of hydrogen-bond acceptors (Lipinski definition) is 2. The van der Waals surface area contributed by atoms with Crippen LogP contribution in [0.25, 0.3) is 0 Å². The van der Waals surface area contributed by atoms with E-state index in [0.717, 1.165) is 42.8 Å². The van der Waals surface area contributed by atoms with E-state index >= 15 is 0 Å². The summed E-state index contributed by atoms with van der Waals surface area (Å²) < 4.78 is 5.16. The highest BCUT2D eigenvalue weighted by Gasteiger charge is 2.39. The van der Waals surface area contributed by atoms with Crippen molar-refractivity contribution in [3.8, 4) is 5.75 Å². The fourth-order valence-electron chi connectivity index (χ4n) is 4.26. The van der Waals surface area contributed by atoms with Crippen LogP contribution in [0.15, 0.2) is 24.3 Å². The van der Waals surface area contributed by atoms with E-state index in [1.54, 1.807) is 7.11 Å². The van der Waals surface area contributed by atoms with Crippen LogP contribution in [0.1, 0.15) is 44.1 Å². The molecule has 2 bridgehead atoms. The molecule has 2 heteroatoms. The zero-order valence-electron chi connectivity index (χ0n) is 12.4. The van der Waals surface area contributed by atoms with Gasteiger partial charge < -0.3 is 9.84 Å². The molecule has 0 spiro atoms. The molecular formula is C18H26O2. The van der Waals surface area contributed by atoms with Gasteiger partial charge in [-0.1, -0.05) is 18.6 Å². The molecule has 0 radical (unpaired) electrons. The van der Waals surface area contributed by atoms with Crippen molar-refractivity contribution in [1.82, 2.24) is 0 Å². The van der Waals surface area contributed by atoms with Gasteiger partial charge in [0.2, 0.25) is 0 Å². The Balaban J connectivity index is 1.43. The van der Waals surface area contributed by atoms with Crippen LogP contribution in [-0.2, 0) is 6.42 Å². The molecule has 2 aliphatic rings. The molecule has 2 nitrogen and oxygen atoms in total. The summed E-state index contributed by atoms with van der Waals surface area (Å²) >= 11 is 0. The second-order valence-corrected chi connectivity index (χ2v) is 6.71. The van der Waals surface area contributed by atoms with E-state index < -0.39 is 0 Å². The van der Waals surface area contributed by atoms with Crippen LogP contribution >= 0.6 is 0 Å². The van der Waals surface area contributed by atoms with Gasteiger partial charge >= 0.3 is 0 Å². The predicted molar refractivity (Wildman–Crippen MR) is 80.9 cm³/mol. The lowest BCUT2D eigenvalue weighted by molar-refractivity contribution is 0.117. The van der Waals surface area contributed by atoms with Crippen LogP contribution in [0.3, 0.4) is 0 Å². The lowest BCUT2D eigenvalue weighted by Gasteiger charge is -2.24. The van der Waals surface area contributed by atoms with Crippen LogP contribution in [0.5, 0.6) is 5.75 Å². The summed E-state index contributed by atoms with van der Waals surface area (Å²) in [7, 11) is 1.69. The summed E-state index contributed by atoms with van der Waals surface area (Å²) in [6, 6.07) is 8.20. The van der Waals surface area contributed by atoms with Crippen molar-refractivity contribution in [2.75, 3.05) is 7.11 Å². The van der Waals surface area contributed by atoms with Crippen molar-refractivity contribution in [3.63, 3.8) is 0 Å². The number of methoxy groups -OCH3 is 1. The largest absolute Gasteiger partial charge is 0.497 e. The van der Waals surface area contributed by atoms with Crippen molar-refractivity contribution >= 4 is 0 Å². The van der Waals surface area contributed by atoms with E-state index in [2.05, 4.69) is 12.1 Å². The Labute approximate surface area is 122 Å². The van der Waals surface area contributed by atoms with Crippen LogP contribution < -0.4 is 4.74 Å². The summed E-state index contributed by atoms with van der Waals surface area (Å²) in [6.07, 6.45) is 8.44. The maximum absolute atomic E-state index is 10.3. The minimum atomic E-state index is -0.124. The van der Waals surface area contributed by atoms with Crippen LogP contribution in [-0.4, -0.2) is 18.3 Å². The molecule has 0 saturated heterocycles. The standard InChI is InChI=1S/C18H26O2/c1-20-18-8-4-13(5-9-18)3-7-17(19)12-16-11-14-2-6-15(16)10-14/h4-5,8-9,14-17,19H,2-3,6-7,10-12H2,1H3. The average Bonchev–Trinajstić information content (AvgIpc) is 3.08. The minimum Gasteiger partial charge on any atom is -0.497 e. The lowest BCUT2D eigenvalue weighted by Crippen LogP contribution is -2.19. The Morgan fingerprint density at radius 3 is 2.60 bits per heavy atom. The van der Waals surface area contributed by atoms with Gasteiger partial charge in [-0.2, -0.15) is 0 Å². The van der Waals surface area contributed by atoms with Crippen molar-refractivity contribution in [3.05, 3.63) is 29.8 Å². The van der Waals surface area contributed by atoms with Crippen molar-refractivity contribution < 1.29 is 9.84 Å². The number of aliphatic hydroxyl groups excluding tert-OH is 1. The summed E-state index contributed by atoms with van der Waals surface area (Å²) in [5.41, 5.74) is 1.29. The maximum atomic E-state index is 10.3. The van der Waals surface area contributed by atoms with Crippen LogP contribution in [0, 0.1) is 17.8 Å². The first-order chi connectivity index (χ1) is 9.74. The summed E-state index contributed by atoms with van der Waals surface area (Å²) in [5.74, 6) is 3.62. The van der Waals surface area contributed by atoms with Crippen molar-refractivity contribution in [2.45, 2.75) is 51.0 Å². The van der Waals surface area contributed by atoms with E-state index in [4.69, 9.17) is 4.74 Å². The maximum Gasteiger partial charge on any atom is 0.118 e. The van der Waals surface area contributed by atoms with Gasteiger partial charge in [-0.25, -0.2) is 0 Å². The first-order valence-corrected chi connectivity index (χ1v) is 8.05. The predicted octanol–water partition coefficient (Wildman–Crippen LogP) is 3.82. The number of hydrogen-bond donors (Lipinski definition) is 1. The summed E-state index contributed by atoms with van der Waals surface area (Å²) in [4.78, 5) is 0. The molecule has 2 saturated carbocycles. The quantitative estimate of drug-likeness (QED) is 0.854. The number of aryl methyl sites for hydroxylation is 1. The van der Waals surface area contributed by atoms with Gasteiger partial charge in [0.05, 0.1) is 13.2 Å². The fourth-order valence-corrected chi connectivity index (χ4v) is 4.26. The first kappa shape index (κ1) is 13.9. The Morgan fingerprint density at radius 1 is 1.20 bits per heavy atom. The Morgan fingerprint density at radius 2 is 2.00 bits per heavy atom. The third-order valence-corrected chi connectivity index (χ3v) is 5.38. The van der Waals surface area contributed by atoms with E-state index in [1.807, 2.05) is 12.1 Å². The highest BCUT2D eigenvalue weighted by Crippen LogP contribution is 2.50. The molecule has 3 rings (SSSR count). The molecule has 20 heavy (non-hydrogen) atoms. The second kappa shape index (κ2) is 6.17. The molecule has 0 heterocycles. The Bertz CT molecular complexity index is 426. The molecule has 4 atom stereocenters. The summed E-state index contributed by atoms with van der Waals surface area (Å²) in [6.45, 7) is 0. The van der Waals surface area contributed by atoms with E-state index in [9.17, 15) is 5.11 Å². The minimum absolute atomic E-state index is 0.124. The normalized spacial score (nSPS) is 29.6. The Hall–Kier alpha value is -1.02. The van der Waals surface area contributed by atoms with Crippen molar-refractivity contribution in [1.29, 1.82) is 0 Å². The van der Waals surface area contributed by atoms with Gasteiger partial charge in [-0.05, 0) is 74.0 Å². The number of aliphatic hydroxyl groups is 1. The molecule has 0 aromatic heterocycles.